The molecular weight excluding hydrogens is 414 g/mol. The molecule has 7 heteroatoms. The number of aromatic hydroxyl groups is 2. The summed E-state index contributed by atoms with van der Waals surface area (Å²) in [6, 6.07) is 19.5. The number of fused-ring (bicyclic) bond motifs is 1. The van der Waals surface area contributed by atoms with E-state index in [-0.39, 0.29) is 24.0 Å². The molecule has 1 aliphatic heterocycles. The molecule has 4 rings (SSSR count). The number of carbonyl (C=O) groups is 1. The molecule has 0 saturated carbocycles. The number of aliphatic imine (C=N–C) groups is 1. The Morgan fingerprint density at radius 3 is 2.29 bits per heavy atom. The Balaban J connectivity index is 1.89. The quantitative estimate of drug-likeness (QED) is 0.608. The zero-order valence-corrected chi connectivity index (χ0v) is 17.1. The van der Waals surface area contributed by atoms with Crippen LogP contribution in [0.4, 0.5) is 5.69 Å². The Hall–Kier alpha value is -3.82. The lowest BCUT2D eigenvalue weighted by Crippen LogP contribution is -2.39. The lowest BCUT2D eigenvalue weighted by Gasteiger charge is -2.22. The maximum atomic E-state index is 13.4. The van der Waals surface area contributed by atoms with Crippen LogP contribution < -0.4 is 4.90 Å². The summed E-state index contributed by atoms with van der Waals surface area (Å²) < 4.78 is 0. The first-order chi connectivity index (χ1) is 15.0. The number of phenolic OH excluding ortho intramolecular Hbond substituents is 2. The van der Waals surface area contributed by atoms with E-state index in [0.717, 1.165) is 5.56 Å². The van der Waals surface area contributed by atoms with Crippen molar-refractivity contribution in [2.45, 2.75) is 12.5 Å². The second kappa shape index (κ2) is 8.50. The Morgan fingerprint density at radius 1 is 1.00 bits per heavy atom. The average molecular weight is 432 g/mol. The van der Waals surface area contributed by atoms with E-state index in [0.29, 0.717) is 34.0 Å². The molecule has 1 heterocycles. The highest BCUT2D eigenvalue weighted by molar-refractivity contribution is 6.32. The molecule has 154 valence electrons. The first-order valence-corrected chi connectivity index (χ1v) is 9.97. The molecule has 0 aliphatic carbocycles. The molecule has 6 nitrogen and oxygen atoms in total. The summed E-state index contributed by atoms with van der Waals surface area (Å²) >= 11 is 6.26. The van der Waals surface area contributed by atoms with E-state index in [1.54, 1.807) is 66.7 Å². The number of benzene rings is 3. The van der Waals surface area contributed by atoms with Crippen LogP contribution in [-0.4, -0.2) is 34.4 Å². The van der Waals surface area contributed by atoms with E-state index >= 15 is 0 Å². The summed E-state index contributed by atoms with van der Waals surface area (Å²) in [5, 5.41) is 29.1. The molecule has 1 unspecified atom stereocenters. The SMILES string of the molecule is N#CCN1C(=O)C(Cc2ccc(O)cc2)N=C(c2ccc(O)cc2)c2cc(Cl)ccc21. The fourth-order valence-electron chi connectivity index (χ4n) is 3.58. The molecule has 1 aliphatic rings. The minimum absolute atomic E-state index is 0.118. The number of anilines is 1. The van der Waals surface area contributed by atoms with Crippen LogP contribution in [0, 0.1) is 11.3 Å². The molecule has 0 spiro atoms. The van der Waals surface area contributed by atoms with Crippen molar-refractivity contribution < 1.29 is 15.0 Å². The van der Waals surface area contributed by atoms with Crippen molar-refractivity contribution in [3.8, 4) is 17.6 Å². The molecule has 1 amide bonds. The Kier molecular flexibility index (Phi) is 5.61. The van der Waals surface area contributed by atoms with E-state index < -0.39 is 6.04 Å². The minimum Gasteiger partial charge on any atom is -0.508 e. The molecule has 0 fully saturated rings. The fraction of sp³-hybridized carbons (Fsp3) is 0.125. The smallest absolute Gasteiger partial charge is 0.253 e. The van der Waals surface area contributed by atoms with E-state index in [2.05, 4.69) is 6.07 Å². The monoisotopic (exact) mass is 431 g/mol. The first-order valence-electron chi connectivity index (χ1n) is 9.59. The molecule has 0 saturated heterocycles. The second-order valence-corrected chi connectivity index (χ2v) is 7.59. The second-order valence-electron chi connectivity index (χ2n) is 7.15. The van der Waals surface area contributed by atoms with Crippen molar-refractivity contribution >= 4 is 28.9 Å². The van der Waals surface area contributed by atoms with Gasteiger partial charge in [-0.3, -0.25) is 14.7 Å². The van der Waals surface area contributed by atoms with Gasteiger partial charge in [0.25, 0.3) is 5.91 Å². The molecule has 0 bridgehead atoms. The molecule has 1 atom stereocenters. The summed E-state index contributed by atoms with van der Waals surface area (Å²) in [4.78, 5) is 19.7. The third-order valence-corrected chi connectivity index (χ3v) is 5.31. The van der Waals surface area contributed by atoms with Gasteiger partial charge in [-0.1, -0.05) is 23.7 Å². The Labute approximate surface area is 184 Å². The fourth-order valence-corrected chi connectivity index (χ4v) is 3.76. The summed E-state index contributed by atoms with van der Waals surface area (Å²) in [6.45, 7) is -0.127. The van der Waals surface area contributed by atoms with Gasteiger partial charge in [0.15, 0.2) is 0 Å². The van der Waals surface area contributed by atoms with Crippen LogP contribution in [0.5, 0.6) is 11.5 Å². The van der Waals surface area contributed by atoms with Crippen molar-refractivity contribution in [3.05, 3.63) is 88.4 Å². The molecule has 3 aromatic rings. The number of amides is 1. The van der Waals surface area contributed by atoms with Gasteiger partial charge in [-0.05, 0) is 60.2 Å². The maximum Gasteiger partial charge on any atom is 0.253 e. The summed E-state index contributed by atoms with van der Waals surface area (Å²) in [7, 11) is 0. The highest BCUT2D eigenvalue weighted by atomic mass is 35.5. The summed E-state index contributed by atoms with van der Waals surface area (Å²) in [5.74, 6) is -0.0449. The third kappa shape index (κ3) is 4.23. The van der Waals surface area contributed by atoms with E-state index in [1.807, 2.05) is 0 Å². The van der Waals surface area contributed by atoms with Crippen molar-refractivity contribution in [2.24, 2.45) is 4.99 Å². The van der Waals surface area contributed by atoms with E-state index in [4.69, 9.17) is 16.6 Å². The normalized spacial score (nSPS) is 15.6. The zero-order chi connectivity index (χ0) is 22.0. The number of nitrogens with zero attached hydrogens (tertiary/aromatic N) is 3. The number of hydrogen-bond acceptors (Lipinski definition) is 5. The Morgan fingerprint density at radius 2 is 1.65 bits per heavy atom. The van der Waals surface area contributed by atoms with Crippen LogP contribution in [0.1, 0.15) is 16.7 Å². The van der Waals surface area contributed by atoms with Gasteiger partial charge in [-0.15, -0.1) is 0 Å². The third-order valence-electron chi connectivity index (χ3n) is 5.08. The van der Waals surface area contributed by atoms with Crippen molar-refractivity contribution in [1.29, 1.82) is 5.26 Å². The van der Waals surface area contributed by atoms with Gasteiger partial charge in [-0.25, -0.2) is 0 Å². The number of carbonyl (C=O) groups excluding carboxylic acids is 1. The maximum absolute atomic E-state index is 13.4. The van der Waals surface area contributed by atoms with Crippen LogP contribution in [0.15, 0.2) is 71.7 Å². The topological polar surface area (TPSA) is 96.9 Å². The predicted molar refractivity (Wildman–Crippen MR) is 119 cm³/mol. The largest absolute Gasteiger partial charge is 0.508 e. The van der Waals surface area contributed by atoms with Crippen LogP contribution in [0.25, 0.3) is 0 Å². The van der Waals surface area contributed by atoms with Crippen molar-refractivity contribution in [3.63, 3.8) is 0 Å². The van der Waals surface area contributed by atoms with Gasteiger partial charge in [-0.2, -0.15) is 5.26 Å². The van der Waals surface area contributed by atoms with Gasteiger partial charge in [0.1, 0.15) is 24.1 Å². The lowest BCUT2D eigenvalue weighted by molar-refractivity contribution is -0.119. The summed E-state index contributed by atoms with van der Waals surface area (Å²) in [5.41, 5.74) is 3.27. The summed E-state index contributed by atoms with van der Waals surface area (Å²) in [6.07, 6.45) is 0.296. The lowest BCUT2D eigenvalue weighted by atomic mass is 10.00. The highest BCUT2D eigenvalue weighted by Gasteiger charge is 2.32. The van der Waals surface area contributed by atoms with Crippen LogP contribution >= 0.6 is 11.6 Å². The standard InChI is InChI=1S/C24H18ClN3O3/c25-17-5-10-22-20(14-17)23(16-3-8-19(30)9-4-16)27-21(24(31)28(22)12-11-26)13-15-1-6-18(29)7-2-15/h1-10,14,21,29-30H,12-13H2. The molecule has 3 aromatic carbocycles. The van der Waals surface area contributed by atoms with E-state index in [9.17, 15) is 20.3 Å². The van der Waals surface area contributed by atoms with Crippen LogP contribution in [0.2, 0.25) is 5.02 Å². The molecule has 0 radical (unpaired) electrons. The van der Waals surface area contributed by atoms with E-state index in [1.165, 1.54) is 4.90 Å². The number of hydrogen-bond donors (Lipinski definition) is 2. The first kappa shape index (κ1) is 20.5. The van der Waals surface area contributed by atoms with Gasteiger partial charge in [0.05, 0.1) is 17.5 Å². The molecule has 2 N–H and O–H groups in total. The molecular formula is C24H18ClN3O3. The van der Waals surface area contributed by atoms with Gasteiger partial charge >= 0.3 is 0 Å². The van der Waals surface area contributed by atoms with Gasteiger partial charge in [0.2, 0.25) is 0 Å². The number of benzodiazepines with no additional fused rings is 1. The van der Waals surface area contributed by atoms with Crippen LogP contribution in [0.3, 0.4) is 0 Å². The minimum atomic E-state index is -0.784. The number of nitriles is 1. The zero-order valence-electron chi connectivity index (χ0n) is 16.4. The van der Waals surface area contributed by atoms with Crippen molar-refractivity contribution in [1.82, 2.24) is 0 Å². The highest BCUT2D eigenvalue weighted by Crippen LogP contribution is 2.32. The van der Waals surface area contributed by atoms with Gasteiger partial charge < -0.3 is 10.2 Å². The number of phenols is 2. The van der Waals surface area contributed by atoms with Gasteiger partial charge in [0, 0.05) is 22.6 Å². The predicted octanol–water partition coefficient (Wildman–Crippen LogP) is 4.07. The number of rotatable bonds is 4. The molecule has 0 aromatic heterocycles. The van der Waals surface area contributed by atoms with Crippen LogP contribution in [-0.2, 0) is 11.2 Å². The Bertz CT molecular complexity index is 1200. The number of halogens is 1. The molecule has 31 heavy (non-hydrogen) atoms. The average Bonchev–Trinajstić information content (AvgIpc) is 2.86. The van der Waals surface area contributed by atoms with Crippen molar-refractivity contribution in [2.75, 3.05) is 11.4 Å².